The standard InChI is InChI=1S/C23H21AsCl2N3O3/c1-29-19-6-4-14(9-15(19)10-20(29)22(30)31)18-12-21(28-23(27-18)32-2)24-8-7-13-3-5-16(25)11-17(13)26/h3-6,9,11-12,20H,7-8,10H2,1-2H3,(H,30,31). The van der Waals surface area contributed by atoms with E-state index in [0.717, 1.165) is 44.2 Å². The summed E-state index contributed by atoms with van der Waals surface area (Å²) in [5.41, 5.74) is 4.71. The predicted octanol–water partition coefficient (Wildman–Crippen LogP) is 3.90. The average Bonchev–Trinajstić information content (AvgIpc) is 3.11. The van der Waals surface area contributed by atoms with Gasteiger partial charge in [-0.25, -0.2) is 0 Å². The van der Waals surface area contributed by atoms with Crippen molar-refractivity contribution >= 4 is 55.1 Å². The van der Waals surface area contributed by atoms with Gasteiger partial charge in [0.25, 0.3) is 0 Å². The number of carbonyl (C=O) groups is 1. The monoisotopic (exact) mass is 532 g/mol. The topological polar surface area (TPSA) is 75.6 Å². The average molecular weight is 533 g/mol. The van der Waals surface area contributed by atoms with Crippen LogP contribution in [0.3, 0.4) is 0 Å². The molecule has 0 saturated heterocycles. The molecule has 0 bridgehead atoms. The van der Waals surface area contributed by atoms with Crippen molar-refractivity contribution in [2.45, 2.75) is 24.1 Å². The number of aromatic nitrogens is 2. The van der Waals surface area contributed by atoms with E-state index in [1.165, 1.54) is 0 Å². The van der Waals surface area contributed by atoms with Crippen molar-refractivity contribution in [3.05, 3.63) is 63.6 Å². The Kier molecular flexibility index (Phi) is 6.94. The van der Waals surface area contributed by atoms with E-state index in [1.807, 2.05) is 43.4 Å². The SMILES string of the molecule is COc1nc([As]CCc2ccc(Cl)cc2Cl)cc(-c2ccc3c(c2)CC(C(=O)O)N3C)n1. The van der Waals surface area contributed by atoms with Crippen LogP contribution in [-0.2, 0) is 17.6 Å². The van der Waals surface area contributed by atoms with E-state index in [-0.39, 0.29) is 15.8 Å². The molecule has 3 aromatic rings. The van der Waals surface area contributed by atoms with Crippen molar-refractivity contribution in [3.63, 3.8) is 0 Å². The van der Waals surface area contributed by atoms with Gasteiger partial charge in [-0.05, 0) is 0 Å². The maximum atomic E-state index is 11.5. The van der Waals surface area contributed by atoms with E-state index in [4.69, 9.17) is 27.9 Å². The zero-order valence-corrected chi connectivity index (χ0v) is 20.9. The number of anilines is 1. The number of hydrogen-bond acceptors (Lipinski definition) is 5. The fourth-order valence-corrected chi connectivity index (χ4v) is 6.27. The third-order valence-corrected chi connectivity index (χ3v) is 8.15. The third kappa shape index (κ3) is 4.88. The molecule has 2 aromatic carbocycles. The second-order valence-corrected chi connectivity index (χ2v) is 10.9. The van der Waals surface area contributed by atoms with Gasteiger partial charge in [0.2, 0.25) is 0 Å². The molecule has 4 rings (SSSR count). The molecule has 1 atom stereocenters. The Morgan fingerprint density at radius 1 is 1.22 bits per heavy atom. The number of hydrogen-bond donors (Lipinski definition) is 1. The number of aryl methyl sites for hydroxylation is 1. The van der Waals surface area contributed by atoms with Crippen LogP contribution in [0.25, 0.3) is 11.3 Å². The molecule has 0 aliphatic carbocycles. The van der Waals surface area contributed by atoms with Crippen LogP contribution in [0.1, 0.15) is 11.1 Å². The molecule has 2 heterocycles. The molecule has 32 heavy (non-hydrogen) atoms. The first-order chi connectivity index (χ1) is 15.4. The molecular formula is C23H21AsCl2N3O3. The van der Waals surface area contributed by atoms with Crippen LogP contribution in [0.4, 0.5) is 5.69 Å². The van der Waals surface area contributed by atoms with Crippen molar-refractivity contribution in [2.75, 3.05) is 19.1 Å². The quantitative estimate of drug-likeness (QED) is 0.465. The summed E-state index contributed by atoms with van der Waals surface area (Å²) >= 11 is 12.0. The Labute approximate surface area is 203 Å². The van der Waals surface area contributed by atoms with Crippen LogP contribution >= 0.6 is 23.2 Å². The second kappa shape index (κ2) is 9.70. The number of rotatable bonds is 7. The van der Waals surface area contributed by atoms with Crippen LogP contribution in [0, 0.1) is 0 Å². The molecule has 0 amide bonds. The van der Waals surface area contributed by atoms with Crippen LogP contribution in [0.15, 0.2) is 42.5 Å². The first-order valence-corrected chi connectivity index (χ1v) is 13.0. The van der Waals surface area contributed by atoms with Gasteiger partial charge in [0.05, 0.1) is 0 Å². The van der Waals surface area contributed by atoms with Gasteiger partial charge in [-0.15, -0.1) is 0 Å². The van der Waals surface area contributed by atoms with E-state index in [0.29, 0.717) is 22.5 Å². The third-order valence-electron chi connectivity index (χ3n) is 5.47. The summed E-state index contributed by atoms with van der Waals surface area (Å²) in [6.07, 6.45) is 1.32. The minimum atomic E-state index is -0.818. The Morgan fingerprint density at radius 3 is 2.75 bits per heavy atom. The zero-order valence-electron chi connectivity index (χ0n) is 17.5. The zero-order chi connectivity index (χ0) is 22.8. The summed E-state index contributed by atoms with van der Waals surface area (Å²) in [6, 6.07) is 13.3. The molecule has 1 radical (unpaired) electrons. The molecule has 0 saturated carbocycles. The molecule has 1 unspecified atom stereocenters. The maximum absolute atomic E-state index is 11.5. The fourth-order valence-electron chi connectivity index (χ4n) is 3.77. The molecular weight excluding hydrogens is 512 g/mol. The van der Waals surface area contributed by atoms with E-state index in [9.17, 15) is 9.90 Å². The predicted molar refractivity (Wildman–Crippen MR) is 128 cm³/mol. The number of carboxylic acids is 1. The number of likely N-dealkylation sites (N-methyl/N-ethyl adjacent to an activating group) is 1. The van der Waals surface area contributed by atoms with Crippen molar-refractivity contribution in [1.29, 1.82) is 0 Å². The Hall–Kier alpha value is -2.27. The van der Waals surface area contributed by atoms with Gasteiger partial charge in [-0.2, -0.15) is 0 Å². The van der Waals surface area contributed by atoms with Gasteiger partial charge in [0.15, 0.2) is 0 Å². The Morgan fingerprint density at radius 2 is 2.03 bits per heavy atom. The van der Waals surface area contributed by atoms with Crippen LogP contribution < -0.4 is 14.1 Å². The number of fused-ring (bicyclic) bond motifs is 1. The van der Waals surface area contributed by atoms with Crippen LogP contribution in [-0.4, -0.2) is 57.0 Å². The summed E-state index contributed by atoms with van der Waals surface area (Å²) in [7, 11) is 3.37. The summed E-state index contributed by atoms with van der Waals surface area (Å²) in [5.74, 6) is -0.818. The Bertz CT molecular complexity index is 1180. The number of methoxy groups -OCH3 is 1. The molecule has 1 aromatic heterocycles. The molecule has 1 N–H and O–H groups in total. The molecule has 0 spiro atoms. The summed E-state index contributed by atoms with van der Waals surface area (Å²) < 4.78 is 6.31. The Balaban J connectivity index is 1.54. The normalized spacial score (nSPS) is 15.4. The van der Waals surface area contributed by atoms with Gasteiger partial charge in [0, 0.05) is 0 Å². The van der Waals surface area contributed by atoms with E-state index in [1.54, 1.807) is 18.1 Å². The number of benzene rings is 2. The van der Waals surface area contributed by atoms with Crippen molar-refractivity contribution < 1.29 is 14.6 Å². The summed E-state index contributed by atoms with van der Waals surface area (Å²) in [5, 5.41) is 11.7. The van der Waals surface area contributed by atoms with Crippen molar-refractivity contribution in [3.8, 4) is 17.3 Å². The molecule has 1 aliphatic heterocycles. The van der Waals surface area contributed by atoms with Crippen molar-refractivity contribution in [1.82, 2.24) is 9.97 Å². The number of nitrogens with zero attached hydrogens (tertiary/aromatic N) is 3. The molecule has 0 fully saturated rings. The molecule has 6 nitrogen and oxygen atoms in total. The first kappa shape index (κ1) is 22.9. The van der Waals surface area contributed by atoms with E-state index < -0.39 is 12.0 Å². The number of ether oxygens (including phenoxy) is 1. The fraction of sp³-hybridized carbons (Fsp3) is 0.261. The van der Waals surface area contributed by atoms with Gasteiger partial charge in [-0.1, -0.05) is 0 Å². The second-order valence-electron chi connectivity index (χ2n) is 7.48. The van der Waals surface area contributed by atoms with Crippen LogP contribution in [0.5, 0.6) is 6.01 Å². The first-order valence-electron chi connectivity index (χ1n) is 9.99. The van der Waals surface area contributed by atoms with Gasteiger partial charge in [0.1, 0.15) is 0 Å². The van der Waals surface area contributed by atoms with Crippen molar-refractivity contribution in [2.24, 2.45) is 0 Å². The van der Waals surface area contributed by atoms with Gasteiger partial charge in [-0.3, -0.25) is 0 Å². The molecule has 1 aliphatic rings. The van der Waals surface area contributed by atoms with E-state index in [2.05, 4.69) is 9.97 Å². The number of halogens is 2. The number of carboxylic acid groups (broad SMARTS) is 1. The number of aliphatic carboxylic acids is 1. The molecule has 165 valence electrons. The van der Waals surface area contributed by atoms with Crippen LogP contribution in [0.2, 0.25) is 15.3 Å². The molecule has 9 heteroatoms. The summed E-state index contributed by atoms with van der Waals surface area (Å²) in [6.45, 7) is 0. The van der Waals surface area contributed by atoms with Gasteiger partial charge >= 0.3 is 204 Å². The summed E-state index contributed by atoms with van der Waals surface area (Å²) in [4.78, 5) is 22.4. The van der Waals surface area contributed by atoms with Gasteiger partial charge < -0.3 is 0 Å². The minimum absolute atomic E-state index is 0.223. The van der Waals surface area contributed by atoms with E-state index >= 15 is 0 Å².